The van der Waals surface area contributed by atoms with Crippen LogP contribution in [0.4, 0.5) is 0 Å². The SMILES string of the molecule is CCC(O)CCNC(=O)C1(c2cccs2)CCCCC1. The van der Waals surface area contributed by atoms with E-state index >= 15 is 0 Å². The molecule has 1 heterocycles. The van der Waals surface area contributed by atoms with Gasteiger partial charge in [-0.05, 0) is 37.1 Å². The highest BCUT2D eigenvalue weighted by molar-refractivity contribution is 7.10. The van der Waals surface area contributed by atoms with E-state index in [1.165, 1.54) is 11.3 Å². The van der Waals surface area contributed by atoms with Crippen LogP contribution < -0.4 is 5.32 Å². The van der Waals surface area contributed by atoms with E-state index in [2.05, 4.69) is 16.8 Å². The van der Waals surface area contributed by atoms with E-state index in [4.69, 9.17) is 0 Å². The first kappa shape index (κ1) is 15.5. The van der Waals surface area contributed by atoms with Crippen LogP contribution in [0.25, 0.3) is 0 Å². The van der Waals surface area contributed by atoms with Gasteiger partial charge >= 0.3 is 0 Å². The van der Waals surface area contributed by atoms with E-state index in [-0.39, 0.29) is 17.4 Å². The van der Waals surface area contributed by atoms with Crippen molar-refractivity contribution in [1.29, 1.82) is 0 Å². The molecule has 1 amide bonds. The van der Waals surface area contributed by atoms with Gasteiger partial charge in [-0.3, -0.25) is 4.79 Å². The maximum absolute atomic E-state index is 12.7. The van der Waals surface area contributed by atoms with Crippen molar-refractivity contribution in [3.63, 3.8) is 0 Å². The van der Waals surface area contributed by atoms with Crippen molar-refractivity contribution in [2.24, 2.45) is 0 Å². The van der Waals surface area contributed by atoms with Crippen molar-refractivity contribution in [3.05, 3.63) is 22.4 Å². The molecular formula is C16H25NO2S. The molecule has 3 nitrogen and oxygen atoms in total. The van der Waals surface area contributed by atoms with Gasteiger partial charge in [0.15, 0.2) is 0 Å². The average Bonchev–Trinajstić information content (AvgIpc) is 3.02. The minimum absolute atomic E-state index is 0.156. The van der Waals surface area contributed by atoms with Crippen LogP contribution in [0.5, 0.6) is 0 Å². The topological polar surface area (TPSA) is 49.3 Å². The third-order valence-corrected chi connectivity index (χ3v) is 5.44. The molecule has 1 saturated carbocycles. The van der Waals surface area contributed by atoms with Crippen LogP contribution in [0.2, 0.25) is 0 Å². The van der Waals surface area contributed by atoms with Gasteiger partial charge in [-0.2, -0.15) is 0 Å². The third-order valence-electron chi connectivity index (χ3n) is 4.37. The van der Waals surface area contributed by atoms with Crippen LogP contribution in [-0.2, 0) is 10.2 Å². The molecule has 2 rings (SSSR count). The van der Waals surface area contributed by atoms with Crippen LogP contribution in [0, 0.1) is 0 Å². The summed E-state index contributed by atoms with van der Waals surface area (Å²) in [5, 5.41) is 14.7. The van der Waals surface area contributed by atoms with Crippen molar-refractivity contribution in [3.8, 4) is 0 Å². The summed E-state index contributed by atoms with van der Waals surface area (Å²) < 4.78 is 0. The van der Waals surface area contributed by atoms with Crippen LogP contribution >= 0.6 is 11.3 Å². The Balaban J connectivity index is 2.02. The van der Waals surface area contributed by atoms with Gasteiger partial charge < -0.3 is 10.4 Å². The Morgan fingerprint density at radius 1 is 1.45 bits per heavy atom. The first-order chi connectivity index (χ1) is 9.69. The molecule has 1 aromatic heterocycles. The Hall–Kier alpha value is -0.870. The zero-order valence-corrected chi connectivity index (χ0v) is 13.0. The molecule has 0 saturated heterocycles. The van der Waals surface area contributed by atoms with Crippen LogP contribution in [-0.4, -0.2) is 23.7 Å². The lowest BCUT2D eigenvalue weighted by Crippen LogP contribution is -2.46. The summed E-state index contributed by atoms with van der Waals surface area (Å²) in [6.07, 6.45) is 6.47. The van der Waals surface area contributed by atoms with Crippen LogP contribution in [0.3, 0.4) is 0 Å². The second kappa shape index (κ2) is 7.23. The molecule has 1 aliphatic carbocycles. The summed E-state index contributed by atoms with van der Waals surface area (Å²) in [7, 11) is 0. The predicted octanol–water partition coefficient (Wildman–Crippen LogP) is 3.23. The van der Waals surface area contributed by atoms with E-state index < -0.39 is 0 Å². The van der Waals surface area contributed by atoms with Gasteiger partial charge in [0, 0.05) is 11.4 Å². The van der Waals surface area contributed by atoms with Gasteiger partial charge in [0.1, 0.15) is 0 Å². The fraction of sp³-hybridized carbons (Fsp3) is 0.688. The van der Waals surface area contributed by atoms with Crippen molar-refractivity contribution in [1.82, 2.24) is 5.32 Å². The smallest absolute Gasteiger partial charge is 0.231 e. The number of thiophene rings is 1. The fourth-order valence-electron chi connectivity index (χ4n) is 3.02. The summed E-state index contributed by atoms with van der Waals surface area (Å²) in [6, 6.07) is 4.13. The Morgan fingerprint density at radius 3 is 2.80 bits per heavy atom. The van der Waals surface area contributed by atoms with E-state index in [0.717, 1.165) is 32.1 Å². The number of carbonyl (C=O) groups excluding carboxylic acids is 1. The van der Waals surface area contributed by atoms with Crippen molar-refractivity contribution >= 4 is 17.2 Å². The quantitative estimate of drug-likeness (QED) is 0.846. The maximum atomic E-state index is 12.7. The number of nitrogens with one attached hydrogen (secondary N) is 1. The molecule has 0 aromatic carbocycles. The lowest BCUT2D eigenvalue weighted by atomic mass is 9.72. The summed E-state index contributed by atoms with van der Waals surface area (Å²) in [5.41, 5.74) is -0.316. The van der Waals surface area contributed by atoms with E-state index in [1.54, 1.807) is 11.3 Å². The molecule has 1 atom stereocenters. The van der Waals surface area contributed by atoms with E-state index in [1.807, 2.05) is 13.0 Å². The molecule has 1 unspecified atom stereocenters. The Morgan fingerprint density at radius 2 is 2.20 bits per heavy atom. The minimum atomic E-state index is -0.316. The highest BCUT2D eigenvalue weighted by atomic mass is 32.1. The normalized spacial score (nSPS) is 19.5. The lowest BCUT2D eigenvalue weighted by molar-refractivity contribution is -0.128. The van der Waals surface area contributed by atoms with Gasteiger partial charge in [0.2, 0.25) is 5.91 Å². The number of carbonyl (C=O) groups is 1. The molecule has 1 fully saturated rings. The number of hydrogen-bond donors (Lipinski definition) is 2. The zero-order chi connectivity index (χ0) is 14.4. The first-order valence-electron chi connectivity index (χ1n) is 7.69. The first-order valence-corrected chi connectivity index (χ1v) is 8.57. The molecule has 20 heavy (non-hydrogen) atoms. The molecule has 4 heteroatoms. The Bertz CT molecular complexity index is 410. The molecule has 0 bridgehead atoms. The van der Waals surface area contributed by atoms with Gasteiger partial charge in [0.05, 0.1) is 11.5 Å². The molecule has 112 valence electrons. The standard InChI is InChI=1S/C16H25NO2S/c1-2-13(18)8-11-17-15(19)16(9-4-3-5-10-16)14-7-6-12-20-14/h6-7,12-13,18H,2-5,8-11H2,1H3,(H,17,19). The Labute approximate surface area is 125 Å². The van der Waals surface area contributed by atoms with Gasteiger partial charge in [-0.25, -0.2) is 0 Å². The molecule has 0 aliphatic heterocycles. The van der Waals surface area contributed by atoms with Gasteiger partial charge in [-0.1, -0.05) is 32.3 Å². The van der Waals surface area contributed by atoms with Crippen molar-refractivity contribution in [2.45, 2.75) is 63.4 Å². The number of aliphatic hydroxyl groups is 1. The van der Waals surface area contributed by atoms with Crippen molar-refractivity contribution in [2.75, 3.05) is 6.54 Å². The summed E-state index contributed by atoms with van der Waals surface area (Å²) in [6.45, 7) is 2.53. The maximum Gasteiger partial charge on any atom is 0.231 e. The minimum Gasteiger partial charge on any atom is -0.393 e. The zero-order valence-electron chi connectivity index (χ0n) is 12.2. The molecular weight excluding hydrogens is 270 g/mol. The van der Waals surface area contributed by atoms with Crippen molar-refractivity contribution < 1.29 is 9.90 Å². The number of amides is 1. The number of aliphatic hydroxyl groups excluding tert-OH is 1. The molecule has 1 aromatic rings. The van der Waals surface area contributed by atoms with Gasteiger partial charge in [-0.15, -0.1) is 11.3 Å². The fourth-order valence-corrected chi connectivity index (χ4v) is 4.00. The monoisotopic (exact) mass is 295 g/mol. The summed E-state index contributed by atoms with van der Waals surface area (Å²) in [4.78, 5) is 13.9. The van der Waals surface area contributed by atoms with Crippen LogP contribution in [0.1, 0.15) is 56.7 Å². The predicted molar refractivity (Wildman–Crippen MR) is 83.0 cm³/mol. The summed E-state index contributed by atoms with van der Waals surface area (Å²) >= 11 is 1.69. The Kier molecular flexibility index (Phi) is 5.61. The second-order valence-corrected chi connectivity index (χ2v) is 6.67. The second-order valence-electron chi connectivity index (χ2n) is 5.73. The molecule has 0 radical (unpaired) electrons. The molecule has 0 spiro atoms. The van der Waals surface area contributed by atoms with Gasteiger partial charge in [0.25, 0.3) is 0 Å². The van der Waals surface area contributed by atoms with Crippen LogP contribution in [0.15, 0.2) is 17.5 Å². The van der Waals surface area contributed by atoms with E-state index in [0.29, 0.717) is 13.0 Å². The molecule has 1 aliphatic rings. The van der Waals surface area contributed by atoms with E-state index in [9.17, 15) is 9.90 Å². The third kappa shape index (κ3) is 3.41. The average molecular weight is 295 g/mol. The molecule has 2 N–H and O–H groups in total. The number of hydrogen-bond acceptors (Lipinski definition) is 3. The lowest BCUT2D eigenvalue weighted by Gasteiger charge is -2.35. The highest BCUT2D eigenvalue weighted by Crippen LogP contribution is 2.41. The number of rotatable bonds is 6. The highest BCUT2D eigenvalue weighted by Gasteiger charge is 2.41. The largest absolute Gasteiger partial charge is 0.393 e. The summed E-state index contributed by atoms with van der Waals surface area (Å²) in [5.74, 6) is 0.156.